The molecule has 2 nitrogen and oxygen atoms in total. The summed E-state index contributed by atoms with van der Waals surface area (Å²) in [6, 6.07) is 4.91. The summed E-state index contributed by atoms with van der Waals surface area (Å²) in [4.78, 5) is 0. The molecule has 1 heterocycles. The van der Waals surface area contributed by atoms with Crippen LogP contribution in [0.2, 0.25) is 0 Å². The van der Waals surface area contributed by atoms with Gasteiger partial charge in [-0.05, 0) is 25.1 Å². The van der Waals surface area contributed by atoms with E-state index in [4.69, 9.17) is 10.5 Å². The maximum Gasteiger partial charge on any atom is 0.130 e. The zero-order valence-electron chi connectivity index (χ0n) is 7.29. The van der Waals surface area contributed by atoms with Gasteiger partial charge in [-0.2, -0.15) is 0 Å². The highest BCUT2D eigenvalue weighted by atomic mass is 19.1. The monoisotopic (exact) mass is 181 g/mol. The fraction of sp³-hybridized carbons (Fsp3) is 0.400. The number of fused-ring (bicyclic) bond motifs is 1. The summed E-state index contributed by atoms with van der Waals surface area (Å²) in [6.45, 7) is 1.12. The first-order valence-electron chi connectivity index (χ1n) is 4.44. The number of benzene rings is 1. The highest BCUT2D eigenvalue weighted by molar-refractivity contribution is 5.39. The molecule has 1 aromatic rings. The molecule has 0 aliphatic carbocycles. The molecule has 0 fully saturated rings. The SMILES string of the molecule is NCC1CCOc2cccc(F)c21. The van der Waals surface area contributed by atoms with Gasteiger partial charge in [0.25, 0.3) is 0 Å². The molecule has 70 valence electrons. The summed E-state index contributed by atoms with van der Waals surface area (Å²) in [6.07, 6.45) is 0.810. The second-order valence-corrected chi connectivity index (χ2v) is 3.22. The zero-order chi connectivity index (χ0) is 9.26. The number of halogens is 1. The van der Waals surface area contributed by atoms with Crippen LogP contribution in [0.4, 0.5) is 4.39 Å². The molecule has 1 aromatic carbocycles. The average molecular weight is 181 g/mol. The summed E-state index contributed by atoms with van der Waals surface area (Å²) < 4.78 is 18.7. The van der Waals surface area contributed by atoms with Gasteiger partial charge in [0.2, 0.25) is 0 Å². The molecule has 0 radical (unpaired) electrons. The Morgan fingerprint density at radius 3 is 3.15 bits per heavy atom. The fourth-order valence-corrected chi connectivity index (χ4v) is 1.73. The molecule has 0 aromatic heterocycles. The standard InChI is InChI=1S/C10H12FNO/c11-8-2-1-3-9-10(8)7(6-12)4-5-13-9/h1-3,7H,4-6,12H2. The van der Waals surface area contributed by atoms with Crippen molar-refractivity contribution in [3.8, 4) is 5.75 Å². The quantitative estimate of drug-likeness (QED) is 0.715. The highest BCUT2D eigenvalue weighted by Gasteiger charge is 2.23. The van der Waals surface area contributed by atoms with Crippen LogP contribution >= 0.6 is 0 Å². The zero-order valence-corrected chi connectivity index (χ0v) is 7.29. The van der Waals surface area contributed by atoms with Gasteiger partial charge >= 0.3 is 0 Å². The van der Waals surface area contributed by atoms with E-state index < -0.39 is 0 Å². The lowest BCUT2D eigenvalue weighted by atomic mass is 9.93. The Labute approximate surface area is 76.5 Å². The van der Waals surface area contributed by atoms with Crippen LogP contribution in [0, 0.1) is 5.82 Å². The molecule has 1 aliphatic heterocycles. The van der Waals surface area contributed by atoms with Gasteiger partial charge in [0.15, 0.2) is 0 Å². The van der Waals surface area contributed by atoms with Gasteiger partial charge in [-0.1, -0.05) is 6.07 Å². The number of ether oxygens (including phenoxy) is 1. The lowest BCUT2D eigenvalue weighted by molar-refractivity contribution is 0.263. The van der Waals surface area contributed by atoms with Crippen LogP contribution in [-0.4, -0.2) is 13.2 Å². The maximum atomic E-state index is 13.4. The Hall–Kier alpha value is -1.09. The normalized spacial score (nSPS) is 20.6. The summed E-state index contributed by atoms with van der Waals surface area (Å²) in [5.41, 5.74) is 6.21. The molecule has 0 bridgehead atoms. The van der Waals surface area contributed by atoms with E-state index in [0.717, 1.165) is 6.42 Å². The summed E-state index contributed by atoms with van der Waals surface area (Å²) in [7, 11) is 0. The lowest BCUT2D eigenvalue weighted by Gasteiger charge is -2.24. The van der Waals surface area contributed by atoms with E-state index in [2.05, 4.69) is 0 Å². The van der Waals surface area contributed by atoms with Crippen molar-refractivity contribution >= 4 is 0 Å². The van der Waals surface area contributed by atoms with E-state index in [1.54, 1.807) is 12.1 Å². The molecule has 0 spiro atoms. The minimum absolute atomic E-state index is 0.116. The second-order valence-electron chi connectivity index (χ2n) is 3.22. The van der Waals surface area contributed by atoms with E-state index in [-0.39, 0.29) is 11.7 Å². The number of rotatable bonds is 1. The molecule has 0 saturated carbocycles. The lowest BCUT2D eigenvalue weighted by Crippen LogP contribution is -2.22. The predicted molar refractivity (Wildman–Crippen MR) is 48.3 cm³/mol. The van der Waals surface area contributed by atoms with Crippen molar-refractivity contribution in [1.29, 1.82) is 0 Å². The fourth-order valence-electron chi connectivity index (χ4n) is 1.73. The molecule has 1 atom stereocenters. The minimum Gasteiger partial charge on any atom is -0.493 e. The molecule has 2 rings (SSSR count). The largest absolute Gasteiger partial charge is 0.493 e. The molecule has 3 heteroatoms. The first kappa shape index (κ1) is 8.51. The Morgan fingerprint density at radius 2 is 2.38 bits per heavy atom. The summed E-state index contributed by atoms with van der Waals surface area (Å²) in [5.74, 6) is 0.569. The van der Waals surface area contributed by atoms with Gasteiger partial charge in [0.05, 0.1) is 6.61 Å². The van der Waals surface area contributed by atoms with Gasteiger partial charge in [-0.25, -0.2) is 4.39 Å². The predicted octanol–water partition coefficient (Wildman–Crippen LogP) is 1.65. The molecule has 13 heavy (non-hydrogen) atoms. The van der Waals surface area contributed by atoms with Gasteiger partial charge < -0.3 is 10.5 Å². The number of hydrogen-bond donors (Lipinski definition) is 1. The van der Waals surface area contributed by atoms with Gasteiger partial charge in [0.1, 0.15) is 11.6 Å². The summed E-state index contributed by atoms with van der Waals surface area (Å²) in [5, 5.41) is 0. The molecule has 1 unspecified atom stereocenters. The third-order valence-electron chi connectivity index (χ3n) is 2.43. The molecular formula is C10H12FNO. The van der Waals surface area contributed by atoms with Crippen molar-refractivity contribution in [3.05, 3.63) is 29.6 Å². The van der Waals surface area contributed by atoms with Gasteiger partial charge in [0, 0.05) is 11.5 Å². The smallest absolute Gasteiger partial charge is 0.130 e. The van der Waals surface area contributed by atoms with Gasteiger partial charge in [-0.15, -0.1) is 0 Å². The van der Waals surface area contributed by atoms with Crippen LogP contribution in [0.25, 0.3) is 0 Å². The van der Waals surface area contributed by atoms with Crippen LogP contribution in [0.3, 0.4) is 0 Å². The Morgan fingerprint density at radius 1 is 1.54 bits per heavy atom. The van der Waals surface area contributed by atoms with Crippen molar-refractivity contribution in [2.45, 2.75) is 12.3 Å². The first-order chi connectivity index (χ1) is 6.33. The van der Waals surface area contributed by atoms with Crippen molar-refractivity contribution in [3.63, 3.8) is 0 Å². The van der Waals surface area contributed by atoms with Gasteiger partial charge in [-0.3, -0.25) is 0 Å². The topological polar surface area (TPSA) is 35.2 Å². The van der Waals surface area contributed by atoms with E-state index in [9.17, 15) is 4.39 Å². The first-order valence-corrected chi connectivity index (χ1v) is 4.44. The molecule has 2 N–H and O–H groups in total. The number of hydrogen-bond acceptors (Lipinski definition) is 2. The summed E-state index contributed by atoms with van der Waals surface area (Å²) >= 11 is 0. The second kappa shape index (κ2) is 3.34. The molecule has 0 saturated heterocycles. The van der Waals surface area contributed by atoms with Crippen molar-refractivity contribution in [2.24, 2.45) is 5.73 Å². The minimum atomic E-state index is -0.201. The highest BCUT2D eigenvalue weighted by Crippen LogP contribution is 2.34. The van der Waals surface area contributed by atoms with Crippen molar-refractivity contribution in [1.82, 2.24) is 0 Å². The molecule has 1 aliphatic rings. The third kappa shape index (κ3) is 1.40. The Bertz CT molecular complexity index is 314. The van der Waals surface area contributed by atoms with E-state index in [0.29, 0.717) is 24.5 Å². The van der Waals surface area contributed by atoms with E-state index in [1.807, 2.05) is 0 Å². The van der Waals surface area contributed by atoms with Crippen molar-refractivity contribution in [2.75, 3.05) is 13.2 Å². The van der Waals surface area contributed by atoms with E-state index in [1.165, 1.54) is 6.07 Å². The van der Waals surface area contributed by atoms with Crippen LogP contribution in [0.5, 0.6) is 5.75 Å². The van der Waals surface area contributed by atoms with Crippen LogP contribution in [0.15, 0.2) is 18.2 Å². The van der Waals surface area contributed by atoms with Crippen LogP contribution in [0.1, 0.15) is 17.9 Å². The Kier molecular flexibility index (Phi) is 2.19. The molecule has 0 amide bonds. The number of nitrogens with two attached hydrogens (primary N) is 1. The van der Waals surface area contributed by atoms with Crippen LogP contribution < -0.4 is 10.5 Å². The average Bonchev–Trinajstić information content (AvgIpc) is 2.17. The van der Waals surface area contributed by atoms with Crippen molar-refractivity contribution < 1.29 is 9.13 Å². The Balaban J connectivity index is 2.47. The molecular weight excluding hydrogens is 169 g/mol. The maximum absolute atomic E-state index is 13.4. The van der Waals surface area contributed by atoms with E-state index >= 15 is 0 Å². The third-order valence-corrected chi connectivity index (χ3v) is 2.43. The van der Waals surface area contributed by atoms with Crippen LogP contribution in [-0.2, 0) is 0 Å².